The van der Waals surface area contributed by atoms with Gasteiger partial charge >= 0.3 is 12.0 Å². The largest absolute Gasteiger partial charge is 0.451 e. The van der Waals surface area contributed by atoms with Crippen molar-refractivity contribution in [3.63, 3.8) is 0 Å². The van der Waals surface area contributed by atoms with Gasteiger partial charge in [-0.05, 0) is 18.9 Å². The number of aromatic nitrogens is 2. The Morgan fingerprint density at radius 1 is 1.36 bits per heavy atom. The molecule has 9 nitrogen and oxygen atoms in total. The normalized spacial score (nSPS) is 12.7. The molecule has 0 aliphatic carbocycles. The maximum Gasteiger partial charge on any atom is 0.349 e. The summed E-state index contributed by atoms with van der Waals surface area (Å²) < 4.78 is 6.56. The van der Waals surface area contributed by atoms with E-state index in [0.29, 0.717) is 22.3 Å². The maximum atomic E-state index is 12.6. The quantitative estimate of drug-likeness (QED) is 0.757. The van der Waals surface area contributed by atoms with E-state index in [9.17, 15) is 19.2 Å². The molecule has 2 aromatic rings. The highest BCUT2D eigenvalue weighted by Crippen LogP contribution is 2.29. The fourth-order valence-corrected chi connectivity index (χ4v) is 3.78. The molecule has 2 N–H and O–H groups in total. The van der Waals surface area contributed by atoms with E-state index in [1.807, 2.05) is 5.32 Å². The Hall–Kier alpha value is -2.75. The molecular weight excluding hydrogens is 348 g/mol. The molecule has 0 spiro atoms. The molecule has 0 fully saturated rings. The van der Waals surface area contributed by atoms with Gasteiger partial charge in [0.15, 0.2) is 6.61 Å². The van der Waals surface area contributed by atoms with E-state index in [0.717, 1.165) is 30.0 Å². The highest BCUT2D eigenvalue weighted by molar-refractivity contribution is 7.20. The number of fused-ring (bicyclic) bond motifs is 2. The number of amides is 3. The zero-order chi connectivity index (χ0) is 18.1. The summed E-state index contributed by atoms with van der Waals surface area (Å²) in [4.78, 5) is 52.5. The zero-order valence-corrected chi connectivity index (χ0v) is 14.5. The van der Waals surface area contributed by atoms with Crippen molar-refractivity contribution in [2.24, 2.45) is 0 Å². The standard InChI is InChI=1S/C15H16N4O5S/c1-7-10-12(17-8-4-3-5-19(8)13(10)21)25-11(7)14(22)24-6-9(20)18-15(23)16-2/h3-6H2,1-2H3,(H2,16,18,20,23). The van der Waals surface area contributed by atoms with Gasteiger partial charge in [-0.1, -0.05) is 0 Å². The molecule has 0 unspecified atom stereocenters. The average molecular weight is 364 g/mol. The van der Waals surface area contributed by atoms with Crippen molar-refractivity contribution in [1.29, 1.82) is 0 Å². The van der Waals surface area contributed by atoms with Gasteiger partial charge in [-0.25, -0.2) is 14.6 Å². The lowest BCUT2D eigenvalue weighted by Crippen LogP contribution is -2.39. The van der Waals surface area contributed by atoms with Crippen LogP contribution in [-0.2, 0) is 22.5 Å². The Morgan fingerprint density at radius 3 is 2.84 bits per heavy atom. The Morgan fingerprint density at radius 2 is 2.12 bits per heavy atom. The van der Waals surface area contributed by atoms with Crippen LogP contribution >= 0.6 is 11.3 Å². The minimum absolute atomic E-state index is 0.150. The Bertz CT molecular complexity index is 946. The second kappa shape index (κ2) is 6.63. The van der Waals surface area contributed by atoms with Crippen LogP contribution in [0.4, 0.5) is 4.79 Å². The number of esters is 1. The second-order valence-corrected chi connectivity index (χ2v) is 6.53. The minimum Gasteiger partial charge on any atom is -0.451 e. The predicted octanol–water partition coefficient (Wildman–Crippen LogP) is 0.325. The number of carbonyl (C=O) groups excluding carboxylic acids is 3. The van der Waals surface area contributed by atoms with Crippen LogP contribution in [0.1, 0.15) is 27.5 Å². The van der Waals surface area contributed by atoms with Gasteiger partial charge in [0.2, 0.25) is 0 Å². The molecule has 25 heavy (non-hydrogen) atoms. The number of hydrogen-bond acceptors (Lipinski definition) is 7. The van der Waals surface area contributed by atoms with Crippen molar-refractivity contribution < 1.29 is 19.1 Å². The Balaban J connectivity index is 1.82. The average Bonchev–Trinajstić information content (AvgIpc) is 3.18. The van der Waals surface area contributed by atoms with Crippen molar-refractivity contribution in [2.75, 3.05) is 13.7 Å². The molecule has 0 saturated heterocycles. The number of nitrogens with zero attached hydrogens (tertiary/aromatic N) is 2. The van der Waals surface area contributed by atoms with Crippen LogP contribution in [-0.4, -0.2) is 41.1 Å². The number of aryl methyl sites for hydroxylation is 2. The highest BCUT2D eigenvalue weighted by atomic mass is 32.1. The lowest BCUT2D eigenvalue weighted by atomic mass is 10.2. The molecule has 1 aliphatic heterocycles. The minimum atomic E-state index is -0.747. The maximum absolute atomic E-state index is 12.6. The van der Waals surface area contributed by atoms with Crippen LogP contribution < -0.4 is 16.2 Å². The number of imide groups is 1. The molecule has 2 aromatic heterocycles. The van der Waals surface area contributed by atoms with E-state index in [4.69, 9.17) is 4.74 Å². The molecule has 3 amide bonds. The summed E-state index contributed by atoms with van der Waals surface area (Å²) in [6.07, 6.45) is 1.62. The SMILES string of the molecule is CNC(=O)NC(=O)COC(=O)c1sc2nc3n(c(=O)c2c1C)CCC3. The van der Waals surface area contributed by atoms with E-state index in [1.54, 1.807) is 11.5 Å². The summed E-state index contributed by atoms with van der Waals surface area (Å²) >= 11 is 1.07. The van der Waals surface area contributed by atoms with Gasteiger partial charge in [-0.2, -0.15) is 0 Å². The molecule has 1 aliphatic rings. The molecule has 0 bridgehead atoms. The topological polar surface area (TPSA) is 119 Å². The van der Waals surface area contributed by atoms with Crippen molar-refractivity contribution in [3.05, 3.63) is 26.6 Å². The van der Waals surface area contributed by atoms with Crippen LogP contribution in [0.15, 0.2) is 4.79 Å². The zero-order valence-electron chi connectivity index (χ0n) is 13.7. The van der Waals surface area contributed by atoms with Crippen LogP contribution in [0.2, 0.25) is 0 Å². The van der Waals surface area contributed by atoms with Gasteiger partial charge in [0.25, 0.3) is 11.5 Å². The fraction of sp³-hybridized carbons (Fsp3) is 0.400. The van der Waals surface area contributed by atoms with Gasteiger partial charge < -0.3 is 10.1 Å². The number of hydrogen-bond donors (Lipinski definition) is 2. The molecule has 3 rings (SSSR count). The Labute approximate surface area is 146 Å². The number of nitrogens with one attached hydrogen (secondary N) is 2. The second-order valence-electron chi connectivity index (χ2n) is 5.53. The number of thiophene rings is 1. The van der Waals surface area contributed by atoms with Crippen LogP contribution in [0, 0.1) is 6.92 Å². The summed E-state index contributed by atoms with van der Waals surface area (Å²) in [6, 6.07) is -0.689. The van der Waals surface area contributed by atoms with Gasteiger partial charge in [-0.15, -0.1) is 11.3 Å². The molecule has 0 atom stereocenters. The number of urea groups is 1. The molecule has 0 saturated carbocycles. The van der Waals surface area contributed by atoms with Crippen LogP contribution in [0.3, 0.4) is 0 Å². The first-order chi connectivity index (χ1) is 11.9. The van der Waals surface area contributed by atoms with Gasteiger partial charge in [-0.3, -0.25) is 19.5 Å². The number of rotatable bonds is 3. The molecular formula is C15H16N4O5S. The first-order valence-corrected chi connectivity index (χ1v) is 8.45. The van der Waals surface area contributed by atoms with Crippen molar-refractivity contribution in [2.45, 2.75) is 26.3 Å². The highest BCUT2D eigenvalue weighted by Gasteiger charge is 2.24. The summed E-state index contributed by atoms with van der Waals surface area (Å²) in [7, 11) is 1.36. The smallest absolute Gasteiger partial charge is 0.349 e. The number of carbonyl (C=O) groups is 3. The Kier molecular flexibility index (Phi) is 4.53. The molecule has 132 valence electrons. The van der Waals surface area contributed by atoms with Crippen LogP contribution in [0.5, 0.6) is 0 Å². The third-order valence-corrected chi connectivity index (χ3v) is 5.08. The van der Waals surface area contributed by atoms with Gasteiger partial charge in [0.1, 0.15) is 15.5 Å². The molecule has 0 aromatic carbocycles. The van der Waals surface area contributed by atoms with Crippen molar-refractivity contribution >= 4 is 39.5 Å². The van der Waals surface area contributed by atoms with Crippen LogP contribution in [0.25, 0.3) is 10.2 Å². The third-order valence-electron chi connectivity index (χ3n) is 3.91. The van der Waals surface area contributed by atoms with Crippen molar-refractivity contribution in [1.82, 2.24) is 20.2 Å². The van der Waals surface area contributed by atoms with Gasteiger partial charge in [0, 0.05) is 20.0 Å². The summed E-state index contributed by atoms with van der Waals surface area (Å²) in [5.41, 5.74) is 0.346. The summed E-state index contributed by atoms with van der Waals surface area (Å²) in [5, 5.41) is 4.62. The van der Waals surface area contributed by atoms with E-state index in [-0.39, 0.29) is 10.4 Å². The van der Waals surface area contributed by atoms with Crippen molar-refractivity contribution in [3.8, 4) is 0 Å². The first-order valence-electron chi connectivity index (χ1n) is 7.64. The van der Waals surface area contributed by atoms with E-state index >= 15 is 0 Å². The lowest BCUT2D eigenvalue weighted by molar-refractivity contribution is -0.123. The molecule has 10 heteroatoms. The van der Waals surface area contributed by atoms with E-state index in [1.165, 1.54) is 7.05 Å². The van der Waals surface area contributed by atoms with E-state index < -0.39 is 24.5 Å². The van der Waals surface area contributed by atoms with E-state index in [2.05, 4.69) is 10.3 Å². The summed E-state index contributed by atoms with van der Waals surface area (Å²) in [5.74, 6) is -0.746. The summed E-state index contributed by atoms with van der Waals surface area (Å²) in [6.45, 7) is 1.69. The first kappa shape index (κ1) is 17.1. The predicted molar refractivity (Wildman–Crippen MR) is 89.8 cm³/mol. The lowest BCUT2D eigenvalue weighted by Gasteiger charge is -2.04. The number of ether oxygens (including phenoxy) is 1. The monoisotopic (exact) mass is 364 g/mol. The molecule has 0 radical (unpaired) electrons. The molecule has 3 heterocycles. The van der Waals surface area contributed by atoms with Gasteiger partial charge in [0.05, 0.1) is 5.39 Å². The fourth-order valence-electron chi connectivity index (χ4n) is 2.69. The third kappa shape index (κ3) is 3.12.